The molecule has 0 aliphatic rings. The Kier molecular flexibility index (Phi) is 8.14. The molecule has 0 heterocycles. The standard InChI is InChI=1S/C11H25NO2/c1-4-7-10(13)12(9-6-3)11(14)8-5-2/h10-11,13-14H,4-9H2,1-3H3. The summed E-state index contributed by atoms with van der Waals surface area (Å²) >= 11 is 0. The van der Waals surface area contributed by atoms with Gasteiger partial charge in [-0.3, -0.25) is 4.90 Å². The van der Waals surface area contributed by atoms with E-state index in [4.69, 9.17) is 0 Å². The summed E-state index contributed by atoms with van der Waals surface area (Å²) in [4.78, 5) is 1.80. The van der Waals surface area contributed by atoms with Crippen molar-refractivity contribution in [2.24, 2.45) is 0 Å². The number of aliphatic hydroxyl groups excluding tert-OH is 2. The van der Waals surface area contributed by atoms with Crippen LogP contribution in [0.1, 0.15) is 52.9 Å². The monoisotopic (exact) mass is 203 g/mol. The normalized spacial score (nSPS) is 15.9. The number of rotatable bonds is 8. The first kappa shape index (κ1) is 13.9. The molecule has 0 aromatic carbocycles. The summed E-state index contributed by atoms with van der Waals surface area (Å²) < 4.78 is 0. The molecule has 2 N–H and O–H groups in total. The smallest absolute Gasteiger partial charge is 0.109 e. The Morgan fingerprint density at radius 2 is 1.29 bits per heavy atom. The van der Waals surface area contributed by atoms with E-state index in [9.17, 15) is 10.2 Å². The maximum absolute atomic E-state index is 9.80. The Bertz CT molecular complexity index is 118. The summed E-state index contributed by atoms with van der Waals surface area (Å²) in [5.74, 6) is 0. The van der Waals surface area contributed by atoms with E-state index < -0.39 is 12.5 Å². The molecule has 0 aromatic rings. The van der Waals surface area contributed by atoms with Crippen molar-refractivity contribution in [3.63, 3.8) is 0 Å². The molecule has 0 saturated heterocycles. The molecule has 0 spiro atoms. The predicted octanol–water partition coefficient (Wildman–Crippen LogP) is 1.94. The molecule has 0 rings (SSSR count). The molecule has 3 heteroatoms. The van der Waals surface area contributed by atoms with Gasteiger partial charge < -0.3 is 10.2 Å². The third-order valence-corrected chi connectivity index (χ3v) is 2.34. The molecule has 0 fully saturated rings. The van der Waals surface area contributed by atoms with Crippen molar-refractivity contribution in [2.45, 2.75) is 65.3 Å². The minimum Gasteiger partial charge on any atom is -0.378 e. The van der Waals surface area contributed by atoms with Gasteiger partial charge in [-0.25, -0.2) is 0 Å². The lowest BCUT2D eigenvalue weighted by atomic mass is 10.2. The maximum Gasteiger partial charge on any atom is 0.109 e. The third kappa shape index (κ3) is 4.94. The fourth-order valence-corrected chi connectivity index (χ4v) is 1.60. The zero-order chi connectivity index (χ0) is 11.0. The predicted molar refractivity (Wildman–Crippen MR) is 58.8 cm³/mol. The van der Waals surface area contributed by atoms with Gasteiger partial charge in [-0.2, -0.15) is 0 Å². The zero-order valence-corrected chi connectivity index (χ0v) is 9.74. The highest BCUT2D eigenvalue weighted by Gasteiger charge is 2.20. The topological polar surface area (TPSA) is 43.7 Å². The van der Waals surface area contributed by atoms with Crippen molar-refractivity contribution >= 4 is 0 Å². The minimum absolute atomic E-state index is 0.485. The molecule has 2 atom stereocenters. The van der Waals surface area contributed by atoms with E-state index in [1.54, 1.807) is 4.90 Å². The molecular formula is C11H25NO2. The van der Waals surface area contributed by atoms with Crippen LogP contribution in [0.4, 0.5) is 0 Å². The molecule has 0 bridgehead atoms. The van der Waals surface area contributed by atoms with E-state index in [0.717, 1.165) is 38.6 Å². The second kappa shape index (κ2) is 8.21. The first-order valence-electron chi connectivity index (χ1n) is 5.79. The molecule has 0 saturated carbocycles. The van der Waals surface area contributed by atoms with Crippen molar-refractivity contribution < 1.29 is 10.2 Å². The van der Waals surface area contributed by atoms with Crippen LogP contribution < -0.4 is 0 Å². The van der Waals surface area contributed by atoms with Crippen molar-refractivity contribution in [3.8, 4) is 0 Å². The van der Waals surface area contributed by atoms with E-state index in [1.165, 1.54) is 0 Å². The molecule has 14 heavy (non-hydrogen) atoms. The van der Waals surface area contributed by atoms with Crippen LogP contribution in [0, 0.1) is 0 Å². The van der Waals surface area contributed by atoms with Gasteiger partial charge in [-0.15, -0.1) is 0 Å². The summed E-state index contributed by atoms with van der Waals surface area (Å²) in [6.45, 7) is 6.91. The number of nitrogens with zero attached hydrogens (tertiary/aromatic N) is 1. The number of aliphatic hydroxyl groups is 2. The van der Waals surface area contributed by atoms with Crippen LogP contribution in [0.2, 0.25) is 0 Å². The largest absolute Gasteiger partial charge is 0.378 e. The molecule has 86 valence electrons. The molecule has 3 nitrogen and oxygen atoms in total. The Morgan fingerprint density at radius 1 is 0.857 bits per heavy atom. The fraction of sp³-hybridized carbons (Fsp3) is 1.00. The number of hydrogen-bond acceptors (Lipinski definition) is 3. The lowest BCUT2D eigenvalue weighted by molar-refractivity contribution is -0.107. The van der Waals surface area contributed by atoms with Crippen LogP contribution in [0.3, 0.4) is 0 Å². The van der Waals surface area contributed by atoms with Gasteiger partial charge >= 0.3 is 0 Å². The van der Waals surface area contributed by atoms with Crippen LogP contribution in [0.5, 0.6) is 0 Å². The van der Waals surface area contributed by atoms with Gasteiger partial charge in [0.05, 0.1) is 0 Å². The molecule has 2 unspecified atom stereocenters. The van der Waals surface area contributed by atoms with Gasteiger partial charge in [0.1, 0.15) is 12.5 Å². The Hall–Kier alpha value is -0.120. The minimum atomic E-state index is -0.485. The Balaban J connectivity index is 4.10. The highest BCUT2D eigenvalue weighted by Crippen LogP contribution is 2.11. The summed E-state index contributed by atoms with van der Waals surface area (Å²) in [5, 5.41) is 19.6. The average Bonchev–Trinajstić information content (AvgIpc) is 2.14. The van der Waals surface area contributed by atoms with Crippen LogP contribution in [-0.4, -0.2) is 34.1 Å². The van der Waals surface area contributed by atoms with Crippen LogP contribution in [-0.2, 0) is 0 Å². The SMILES string of the molecule is CCCC(O)N(CCC)C(O)CCC. The lowest BCUT2D eigenvalue weighted by Crippen LogP contribution is -2.43. The van der Waals surface area contributed by atoms with Crippen molar-refractivity contribution in [1.29, 1.82) is 0 Å². The average molecular weight is 203 g/mol. The molecule has 0 amide bonds. The summed E-state index contributed by atoms with van der Waals surface area (Å²) in [5.41, 5.74) is 0. The van der Waals surface area contributed by atoms with E-state index >= 15 is 0 Å². The number of hydrogen-bond donors (Lipinski definition) is 2. The quantitative estimate of drug-likeness (QED) is 0.592. The van der Waals surface area contributed by atoms with Gasteiger partial charge in [0, 0.05) is 6.54 Å². The van der Waals surface area contributed by atoms with Crippen LogP contribution >= 0.6 is 0 Å². The van der Waals surface area contributed by atoms with Crippen LogP contribution in [0.15, 0.2) is 0 Å². The Labute approximate surface area is 87.7 Å². The highest BCUT2D eigenvalue weighted by molar-refractivity contribution is 4.64. The first-order chi connectivity index (χ1) is 6.67. The van der Waals surface area contributed by atoms with Crippen molar-refractivity contribution in [3.05, 3.63) is 0 Å². The maximum atomic E-state index is 9.80. The molecular weight excluding hydrogens is 178 g/mol. The van der Waals surface area contributed by atoms with Crippen LogP contribution in [0.25, 0.3) is 0 Å². The Morgan fingerprint density at radius 3 is 1.57 bits per heavy atom. The molecule has 0 radical (unpaired) electrons. The van der Waals surface area contributed by atoms with Gasteiger partial charge in [-0.05, 0) is 19.3 Å². The first-order valence-corrected chi connectivity index (χ1v) is 5.79. The van der Waals surface area contributed by atoms with Gasteiger partial charge in [0.15, 0.2) is 0 Å². The van der Waals surface area contributed by atoms with E-state index in [2.05, 4.69) is 6.92 Å². The molecule has 0 aliphatic heterocycles. The third-order valence-electron chi connectivity index (χ3n) is 2.34. The second-order valence-corrected chi connectivity index (χ2v) is 3.78. The van der Waals surface area contributed by atoms with Crippen molar-refractivity contribution in [2.75, 3.05) is 6.54 Å². The van der Waals surface area contributed by atoms with Gasteiger partial charge in [0.2, 0.25) is 0 Å². The van der Waals surface area contributed by atoms with E-state index in [1.807, 2.05) is 13.8 Å². The van der Waals surface area contributed by atoms with Crippen molar-refractivity contribution in [1.82, 2.24) is 4.90 Å². The molecule has 0 aromatic heterocycles. The van der Waals surface area contributed by atoms with Gasteiger partial charge in [-0.1, -0.05) is 33.6 Å². The highest BCUT2D eigenvalue weighted by atomic mass is 16.3. The molecule has 0 aliphatic carbocycles. The van der Waals surface area contributed by atoms with E-state index in [0.29, 0.717) is 0 Å². The summed E-state index contributed by atoms with van der Waals surface area (Å²) in [7, 11) is 0. The fourth-order valence-electron chi connectivity index (χ4n) is 1.60. The van der Waals surface area contributed by atoms with E-state index in [-0.39, 0.29) is 0 Å². The second-order valence-electron chi connectivity index (χ2n) is 3.78. The summed E-state index contributed by atoms with van der Waals surface area (Å²) in [6.07, 6.45) is 3.35. The zero-order valence-electron chi connectivity index (χ0n) is 9.74. The summed E-state index contributed by atoms with van der Waals surface area (Å²) in [6, 6.07) is 0. The van der Waals surface area contributed by atoms with Gasteiger partial charge in [0.25, 0.3) is 0 Å². The lowest BCUT2D eigenvalue weighted by Gasteiger charge is -2.31.